The molecule has 4 aliphatic carbocycles. The van der Waals surface area contributed by atoms with Crippen molar-refractivity contribution in [2.45, 2.75) is 64.5 Å². The van der Waals surface area contributed by atoms with Gasteiger partial charge in [-0.15, -0.1) is 0 Å². The van der Waals surface area contributed by atoms with Crippen LogP contribution in [0.3, 0.4) is 0 Å². The fraction of sp³-hybridized carbons (Fsp3) is 0.565. The number of benzene rings is 1. The van der Waals surface area contributed by atoms with Gasteiger partial charge in [-0.25, -0.2) is 0 Å². The van der Waals surface area contributed by atoms with Crippen molar-refractivity contribution in [3.63, 3.8) is 0 Å². The highest BCUT2D eigenvalue weighted by Crippen LogP contribution is 2.66. The average molecular weight is 404 g/mol. The van der Waals surface area contributed by atoms with Crippen molar-refractivity contribution in [2.24, 2.45) is 16.7 Å². The van der Waals surface area contributed by atoms with Crippen LogP contribution in [0, 0.1) is 16.7 Å². The minimum atomic E-state index is 0.281. The second-order valence-corrected chi connectivity index (χ2v) is 11.0. The molecule has 144 valence electrons. The van der Waals surface area contributed by atoms with E-state index in [4.69, 9.17) is 27.6 Å². The van der Waals surface area contributed by atoms with Crippen molar-refractivity contribution >= 4 is 23.2 Å². The predicted octanol–water partition coefficient (Wildman–Crippen LogP) is 7.09. The normalized spacial score (nSPS) is 37.1. The van der Waals surface area contributed by atoms with Gasteiger partial charge in [0, 0.05) is 16.1 Å². The van der Waals surface area contributed by atoms with E-state index in [1.54, 1.807) is 6.07 Å². The standard InChI is InChI=1S/C23H27Cl2NO/c1-21-8-15-9-22(2,12-21)14-23(10-15,13-21)26-11-17-4-6-20(27-17)18-7-16(24)3-5-19(18)25/h3-7,15,26H,8-14H2,1-2H3/t15?,21-,22+,23?. The van der Waals surface area contributed by atoms with Crippen molar-refractivity contribution in [1.29, 1.82) is 0 Å². The van der Waals surface area contributed by atoms with Crippen molar-refractivity contribution < 1.29 is 4.42 Å². The molecule has 2 unspecified atom stereocenters. The highest BCUT2D eigenvalue weighted by Gasteiger charge is 2.59. The molecule has 27 heavy (non-hydrogen) atoms. The van der Waals surface area contributed by atoms with E-state index in [2.05, 4.69) is 25.2 Å². The molecule has 0 saturated heterocycles. The van der Waals surface area contributed by atoms with Gasteiger partial charge in [0.2, 0.25) is 0 Å². The lowest BCUT2D eigenvalue weighted by molar-refractivity contribution is -0.118. The van der Waals surface area contributed by atoms with Crippen molar-refractivity contribution in [3.05, 3.63) is 46.1 Å². The third kappa shape index (κ3) is 3.24. The first-order valence-electron chi connectivity index (χ1n) is 10.0. The first-order chi connectivity index (χ1) is 12.8. The second-order valence-electron chi connectivity index (χ2n) is 10.2. The van der Waals surface area contributed by atoms with Crippen LogP contribution in [0.1, 0.15) is 58.1 Å². The molecule has 1 N–H and O–H groups in total. The Hall–Kier alpha value is -0.960. The van der Waals surface area contributed by atoms with E-state index in [-0.39, 0.29) is 5.54 Å². The SMILES string of the molecule is C[C@]12CC3CC(NCc4ccc(-c5cc(Cl)ccc5Cl)o4)(C1)C[C@@](C)(C3)C2. The Bertz CT molecular complexity index is 870. The van der Waals surface area contributed by atoms with Crippen LogP contribution in [0.4, 0.5) is 0 Å². The summed E-state index contributed by atoms with van der Waals surface area (Å²) in [5.74, 6) is 2.64. The van der Waals surface area contributed by atoms with Gasteiger partial charge in [-0.2, -0.15) is 0 Å². The number of hydrogen-bond donors (Lipinski definition) is 1. The van der Waals surface area contributed by atoms with E-state index in [1.807, 2.05) is 18.2 Å². The highest BCUT2D eigenvalue weighted by atomic mass is 35.5. The van der Waals surface area contributed by atoms with Gasteiger partial charge in [-0.05, 0) is 85.6 Å². The zero-order chi connectivity index (χ0) is 18.9. The van der Waals surface area contributed by atoms with Crippen LogP contribution < -0.4 is 5.32 Å². The molecule has 6 rings (SSSR count). The number of furan rings is 1. The Morgan fingerprint density at radius 2 is 1.74 bits per heavy atom. The number of halogens is 2. The minimum absolute atomic E-state index is 0.281. The molecule has 1 aromatic heterocycles. The summed E-state index contributed by atoms with van der Waals surface area (Å²) < 4.78 is 6.11. The van der Waals surface area contributed by atoms with E-state index < -0.39 is 0 Å². The van der Waals surface area contributed by atoms with E-state index in [0.717, 1.165) is 29.5 Å². The molecule has 0 amide bonds. The van der Waals surface area contributed by atoms with Crippen molar-refractivity contribution in [1.82, 2.24) is 5.32 Å². The largest absolute Gasteiger partial charge is 0.460 e. The molecule has 4 aliphatic rings. The van der Waals surface area contributed by atoms with Crippen LogP contribution in [0.5, 0.6) is 0 Å². The third-order valence-electron chi connectivity index (χ3n) is 7.12. The molecule has 1 aromatic carbocycles. The number of rotatable bonds is 4. The third-order valence-corrected chi connectivity index (χ3v) is 7.68. The summed E-state index contributed by atoms with van der Waals surface area (Å²) in [6, 6.07) is 9.53. The lowest BCUT2D eigenvalue weighted by Crippen LogP contribution is -2.63. The fourth-order valence-corrected chi connectivity index (χ4v) is 7.61. The van der Waals surface area contributed by atoms with Gasteiger partial charge >= 0.3 is 0 Å². The summed E-state index contributed by atoms with van der Waals surface area (Å²) in [4.78, 5) is 0. The van der Waals surface area contributed by atoms with Gasteiger partial charge in [-0.1, -0.05) is 37.0 Å². The molecule has 2 nitrogen and oxygen atoms in total. The first kappa shape index (κ1) is 18.1. The van der Waals surface area contributed by atoms with Crippen molar-refractivity contribution in [2.75, 3.05) is 0 Å². The van der Waals surface area contributed by atoms with E-state index >= 15 is 0 Å². The lowest BCUT2D eigenvalue weighted by Gasteiger charge is -2.65. The Morgan fingerprint density at radius 3 is 2.44 bits per heavy atom. The summed E-state index contributed by atoms with van der Waals surface area (Å²) >= 11 is 12.4. The molecule has 4 heteroatoms. The smallest absolute Gasteiger partial charge is 0.135 e. The summed E-state index contributed by atoms with van der Waals surface area (Å²) in [5.41, 5.74) is 2.17. The quantitative estimate of drug-likeness (QED) is 0.588. The minimum Gasteiger partial charge on any atom is -0.460 e. The van der Waals surface area contributed by atoms with Gasteiger partial charge in [0.25, 0.3) is 0 Å². The monoisotopic (exact) mass is 403 g/mol. The molecule has 4 atom stereocenters. The second kappa shape index (κ2) is 6.02. The summed E-state index contributed by atoms with van der Waals surface area (Å²) in [6.07, 6.45) is 8.18. The number of hydrogen-bond acceptors (Lipinski definition) is 2. The lowest BCUT2D eigenvalue weighted by atomic mass is 9.43. The van der Waals surface area contributed by atoms with Gasteiger partial charge in [0.15, 0.2) is 0 Å². The topological polar surface area (TPSA) is 25.2 Å². The van der Waals surface area contributed by atoms with Gasteiger partial charge in [0.05, 0.1) is 11.6 Å². The Balaban J connectivity index is 1.34. The van der Waals surface area contributed by atoms with Crippen LogP contribution in [0.2, 0.25) is 10.0 Å². The zero-order valence-electron chi connectivity index (χ0n) is 16.1. The Morgan fingerprint density at radius 1 is 1.00 bits per heavy atom. The molecule has 4 fully saturated rings. The maximum Gasteiger partial charge on any atom is 0.135 e. The Kier molecular flexibility index (Phi) is 4.03. The molecule has 2 aromatic rings. The summed E-state index contributed by atoms with van der Waals surface area (Å²) in [7, 11) is 0. The maximum absolute atomic E-state index is 6.32. The van der Waals surface area contributed by atoms with Crippen molar-refractivity contribution in [3.8, 4) is 11.3 Å². The van der Waals surface area contributed by atoms with Crippen LogP contribution in [-0.2, 0) is 6.54 Å². The van der Waals surface area contributed by atoms with Gasteiger partial charge < -0.3 is 9.73 Å². The highest BCUT2D eigenvalue weighted by molar-refractivity contribution is 6.35. The van der Waals surface area contributed by atoms with Crippen LogP contribution in [0.25, 0.3) is 11.3 Å². The molecule has 1 heterocycles. The molecule has 0 aliphatic heterocycles. The predicted molar refractivity (Wildman–Crippen MR) is 111 cm³/mol. The average Bonchev–Trinajstić information content (AvgIpc) is 3.01. The summed E-state index contributed by atoms with van der Waals surface area (Å²) in [6.45, 7) is 5.80. The molecule has 4 bridgehead atoms. The Labute approximate surface area is 171 Å². The van der Waals surface area contributed by atoms with Crippen LogP contribution in [-0.4, -0.2) is 5.54 Å². The molecular weight excluding hydrogens is 377 g/mol. The van der Waals surface area contributed by atoms with Gasteiger partial charge in [0.1, 0.15) is 11.5 Å². The van der Waals surface area contributed by atoms with E-state index in [1.165, 1.54) is 38.5 Å². The van der Waals surface area contributed by atoms with Crippen LogP contribution >= 0.6 is 23.2 Å². The molecular formula is C23H27Cl2NO. The van der Waals surface area contributed by atoms with Gasteiger partial charge in [-0.3, -0.25) is 0 Å². The number of nitrogens with one attached hydrogen (secondary N) is 1. The molecule has 0 radical (unpaired) electrons. The van der Waals surface area contributed by atoms with E-state index in [9.17, 15) is 0 Å². The van der Waals surface area contributed by atoms with E-state index in [0.29, 0.717) is 20.9 Å². The van der Waals surface area contributed by atoms with Crippen LogP contribution in [0.15, 0.2) is 34.7 Å². The molecule has 0 spiro atoms. The summed E-state index contributed by atoms with van der Waals surface area (Å²) in [5, 5.41) is 5.26. The maximum atomic E-state index is 6.32. The first-order valence-corrected chi connectivity index (χ1v) is 10.8. The molecule has 4 saturated carbocycles. The fourth-order valence-electron chi connectivity index (χ4n) is 7.22. The zero-order valence-corrected chi connectivity index (χ0v) is 17.6.